The normalized spacial score (nSPS) is 10.4. The zero-order valence-corrected chi connectivity index (χ0v) is 10.6. The van der Waals surface area contributed by atoms with E-state index in [-0.39, 0.29) is 18.1 Å². The van der Waals surface area contributed by atoms with Crippen LogP contribution in [0.3, 0.4) is 0 Å². The molecule has 0 bridgehead atoms. The van der Waals surface area contributed by atoms with Gasteiger partial charge in [0.1, 0.15) is 12.2 Å². The maximum atomic E-state index is 11.1. The van der Waals surface area contributed by atoms with Gasteiger partial charge >= 0.3 is 11.7 Å². The van der Waals surface area contributed by atoms with Gasteiger partial charge in [-0.2, -0.15) is 5.10 Å². The highest BCUT2D eigenvalue weighted by Gasteiger charge is 2.29. The highest BCUT2D eigenvalue weighted by molar-refractivity contribution is 5.75. The van der Waals surface area contributed by atoms with Crippen LogP contribution >= 0.6 is 0 Å². The first-order valence-corrected chi connectivity index (χ1v) is 5.51. The Morgan fingerprint density at radius 1 is 1.61 bits per heavy atom. The van der Waals surface area contributed by atoms with Crippen molar-refractivity contribution in [2.24, 2.45) is 7.05 Å². The molecular weight excluding hydrogens is 240 g/mol. The van der Waals surface area contributed by atoms with Crippen LogP contribution in [0.4, 0.5) is 11.5 Å². The third kappa shape index (κ3) is 2.76. The number of aryl methyl sites for hydroxylation is 2. The highest BCUT2D eigenvalue weighted by Crippen LogP contribution is 2.31. The molecule has 0 aliphatic carbocycles. The topological polar surface area (TPSA) is 102 Å². The van der Waals surface area contributed by atoms with E-state index in [1.165, 1.54) is 16.6 Å². The average molecular weight is 256 g/mol. The second kappa shape index (κ2) is 5.48. The van der Waals surface area contributed by atoms with Crippen molar-refractivity contribution in [3.63, 3.8) is 0 Å². The van der Waals surface area contributed by atoms with Crippen molar-refractivity contribution in [1.29, 1.82) is 0 Å². The molecule has 18 heavy (non-hydrogen) atoms. The van der Waals surface area contributed by atoms with Gasteiger partial charge in [0, 0.05) is 14.1 Å². The minimum atomic E-state index is -1.05. The van der Waals surface area contributed by atoms with Crippen LogP contribution < -0.4 is 4.90 Å². The number of aliphatic carboxylic acids is 1. The van der Waals surface area contributed by atoms with Crippen molar-refractivity contribution >= 4 is 17.5 Å². The van der Waals surface area contributed by atoms with E-state index >= 15 is 0 Å². The Morgan fingerprint density at radius 3 is 2.67 bits per heavy atom. The van der Waals surface area contributed by atoms with E-state index in [1.807, 2.05) is 6.92 Å². The predicted molar refractivity (Wildman–Crippen MR) is 64.8 cm³/mol. The van der Waals surface area contributed by atoms with Gasteiger partial charge in [-0.1, -0.05) is 13.3 Å². The van der Waals surface area contributed by atoms with Crippen molar-refractivity contribution < 1.29 is 14.8 Å². The third-order valence-electron chi connectivity index (χ3n) is 2.47. The number of likely N-dealkylation sites (N-methyl/N-ethyl adjacent to an activating group) is 1. The van der Waals surface area contributed by atoms with Crippen molar-refractivity contribution in [2.75, 3.05) is 18.5 Å². The number of carbonyl (C=O) groups is 1. The first kappa shape index (κ1) is 13.9. The van der Waals surface area contributed by atoms with E-state index in [4.69, 9.17) is 5.11 Å². The van der Waals surface area contributed by atoms with Crippen molar-refractivity contribution in [3.8, 4) is 0 Å². The van der Waals surface area contributed by atoms with Crippen molar-refractivity contribution in [3.05, 3.63) is 15.8 Å². The summed E-state index contributed by atoms with van der Waals surface area (Å²) in [5.41, 5.74) is 0.278. The van der Waals surface area contributed by atoms with Gasteiger partial charge in [-0.3, -0.25) is 14.9 Å². The summed E-state index contributed by atoms with van der Waals surface area (Å²) in [5, 5.41) is 23.9. The number of rotatable bonds is 6. The number of carboxylic acid groups (broad SMARTS) is 1. The van der Waals surface area contributed by atoms with E-state index in [2.05, 4.69) is 5.10 Å². The number of carboxylic acids is 1. The van der Waals surface area contributed by atoms with Gasteiger partial charge in [-0.15, -0.1) is 0 Å². The number of nitrogens with zero attached hydrogens (tertiary/aromatic N) is 4. The third-order valence-corrected chi connectivity index (χ3v) is 2.47. The summed E-state index contributed by atoms with van der Waals surface area (Å²) in [4.78, 5) is 22.6. The van der Waals surface area contributed by atoms with Crippen LogP contribution in [0.2, 0.25) is 0 Å². The Balaban J connectivity index is 3.24. The average Bonchev–Trinajstić information content (AvgIpc) is 2.54. The van der Waals surface area contributed by atoms with Gasteiger partial charge in [0.05, 0.1) is 4.92 Å². The molecule has 8 heteroatoms. The molecule has 0 saturated carbocycles. The Bertz CT molecular complexity index is 469. The summed E-state index contributed by atoms with van der Waals surface area (Å²) >= 11 is 0. The second-order valence-electron chi connectivity index (χ2n) is 4.00. The van der Waals surface area contributed by atoms with Gasteiger partial charge < -0.3 is 10.0 Å². The van der Waals surface area contributed by atoms with E-state index in [1.54, 1.807) is 7.05 Å². The fraction of sp³-hybridized carbons (Fsp3) is 0.600. The zero-order valence-electron chi connectivity index (χ0n) is 10.6. The Kier molecular flexibility index (Phi) is 4.24. The van der Waals surface area contributed by atoms with Gasteiger partial charge in [-0.25, -0.2) is 4.68 Å². The fourth-order valence-electron chi connectivity index (χ4n) is 1.86. The summed E-state index contributed by atoms with van der Waals surface area (Å²) in [6.07, 6.45) is 1.23. The number of aromatic nitrogens is 2. The smallest absolute Gasteiger partial charge is 0.334 e. The number of nitro groups is 1. The number of hydrogen-bond acceptors (Lipinski definition) is 5. The largest absolute Gasteiger partial charge is 0.480 e. The minimum Gasteiger partial charge on any atom is -0.480 e. The lowest BCUT2D eigenvalue weighted by Crippen LogP contribution is -2.27. The Hall–Kier alpha value is -2.12. The Labute approximate surface area is 104 Å². The monoisotopic (exact) mass is 256 g/mol. The maximum Gasteiger partial charge on any atom is 0.334 e. The van der Waals surface area contributed by atoms with Gasteiger partial charge in [0.25, 0.3) is 0 Å². The molecule has 1 N–H and O–H groups in total. The van der Waals surface area contributed by atoms with Crippen LogP contribution in [0, 0.1) is 10.1 Å². The lowest BCUT2D eigenvalue weighted by molar-refractivity contribution is -0.384. The van der Waals surface area contributed by atoms with Crippen LogP contribution in [-0.4, -0.2) is 39.4 Å². The zero-order chi connectivity index (χ0) is 13.9. The fourth-order valence-corrected chi connectivity index (χ4v) is 1.86. The Morgan fingerprint density at radius 2 is 2.22 bits per heavy atom. The number of anilines is 1. The van der Waals surface area contributed by atoms with Crippen molar-refractivity contribution in [2.45, 2.75) is 19.8 Å². The first-order valence-electron chi connectivity index (χ1n) is 5.51. The summed E-state index contributed by atoms with van der Waals surface area (Å²) in [7, 11) is 3.06. The van der Waals surface area contributed by atoms with Crippen LogP contribution in [-0.2, 0) is 18.3 Å². The molecule has 1 aromatic rings. The van der Waals surface area contributed by atoms with Crippen LogP contribution in [0.25, 0.3) is 0 Å². The molecule has 0 fully saturated rings. The lowest BCUT2D eigenvalue weighted by atomic mass is 10.2. The molecule has 0 aliphatic rings. The molecule has 0 aliphatic heterocycles. The summed E-state index contributed by atoms with van der Waals surface area (Å²) in [6.45, 7) is 1.59. The molecule has 8 nitrogen and oxygen atoms in total. The summed E-state index contributed by atoms with van der Waals surface area (Å²) in [5.74, 6) is -0.837. The molecule has 0 aromatic carbocycles. The SMILES string of the molecule is CCCc1nn(C)c(N(C)CC(=O)O)c1[N+](=O)[O-]. The standard InChI is InChI=1S/C10H16N4O4/c1-4-5-7-9(14(17)18)10(13(3)11-7)12(2)6-8(15)16/h4-6H2,1-3H3,(H,15,16). The molecule has 1 rings (SSSR count). The molecule has 0 amide bonds. The van der Waals surface area contributed by atoms with Gasteiger partial charge in [-0.05, 0) is 6.42 Å². The quantitative estimate of drug-likeness (QED) is 0.596. The molecule has 0 saturated heterocycles. The molecule has 0 radical (unpaired) electrons. The summed E-state index contributed by atoms with van der Waals surface area (Å²) < 4.78 is 1.35. The molecule has 0 unspecified atom stereocenters. The molecule has 0 spiro atoms. The van der Waals surface area contributed by atoms with Crippen LogP contribution in [0.15, 0.2) is 0 Å². The van der Waals surface area contributed by atoms with Crippen molar-refractivity contribution in [1.82, 2.24) is 9.78 Å². The van der Waals surface area contributed by atoms with E-state index in [9.17, 15) is 14.9 Å². The molecule has 1 aromatic heterocycles. The van der Waals surface area contributed by atoms with E-state index in [0.717, 1.165) is 6.42 Å². The van der Waals surface area contributed by atoms with Crippen LogP contribution in [0.5, 0.6) is 0 Å². The number of hydrogen-bond donors (Lipinski definition) is 1. The predicted octanol–water partition coefficient (Wildman–Crippen LogP) is 0.802. The first-order chi connectivity index (χ1) is 8.38. The maximum absolute atomic E-state index is 11.1. The highest BCUT2D eigenvalue weighted by atomic mass is 16.6. The van der Waals surface area contributed by atoms with Gasteiger partial charge in [0.2, 0.25) is 5.82 Å². The molecule has 0 atom stereocenters. The molecule has 100 valence electrons. The lowest BCUT2D eigenvalue weighted by Gasteiger charge is -2.15. The summed E-state index contributed by atoms with van der Waals surface area (Å²) in [6, 6.07) is 0. The van der Waals surface area contributed by atoms with E-state index in [0.29, 0.717) is 12.1 Å². The second-order valence-corrected chi connectivity index (χ2v) is 4.00. The van der Waals surface area contributed by atoms with E-state index < -0.39 is 10.9 Å². The van der Waals surface area contributed by atoms with Gasteiger partial charge in [0.15, 0.2) is 0 Å². The van der Waals surface area contributed by atoms with Crippen LogP contribution in [0.1, 0.15) is 19.0 Å². The molecule has 1 heterocycles. The minimum absolute atomic E-state index is 0.108. The molecular formula is C10H16N4O4.